The van der Waals surface area contributed by atoms with Crippen LogP contribution in [0.1, 0.15) is 23.0 Å². The molecule has 3 N–H and O–H groups in total. The summed E-state index contributed by atoms with van der Waals surface area (Å²) in [6.45, 7) is 1.95. The Morgan fingerprint density at radius 2 is 2.26 bits per heavy atom. The number of nitrogen functional groups attached to an aromatic ring is 1. The molecular weight excluding hydrogens is 264 g/mol. The molecule has 0 saturated heterocycles. The molecule has 0 fully saturated rings. The number of anilines is 2. The van der Waals surface area contributed by atoms with E-state index in [9.17, 15) is 4.79 Å². The number of halogens is 1. The van der Waals surface area contributed by atoms with Crippen molar-refractivity contribution < 1.29 is 4.79 Å². The summed E-state index contributed by atoms with van der Waals surface area (Å²) in [7, 11) is 1.78. The number of benzene rings is 1. The van der Waals surface area contributed by atoms with Gasteiger partial charge in [-0.05, 0) is 24.6 Å². The molecule has 1 aromatic heterocycles. The highest BCUT2D eigenvalue weighted by molar-refractivity contribution is 6.34. The maximum Gasteiger partial charge on any atom is 0.259 e. The molecule has 1 aromatic carbocycles. The van der Waals surface area contributed by atoms with Gasteiger partial charge in [0.2, 0.25) is 0 Å². The van der Waals surface area contributed by atoms with Crippen LogP contribution in [0.4, 0.5) is 11.4 Å². The first-order chi connectivity index (χ1) is 9.01. The first kappa shape index (κ1) is 13.4. The number of aromatic nitrogens is 2. The Labute approximate surface area is 116 Å². The van der Waals surface area contributed by atoms with Gasteiger partial charge in [0.1, 0.15) is 0 Å². The predicted molar refractivity (Wildman–Crippen MR) is 76.4 cm³/mol. The first-order valence-corrected chi connectivity index (χ1v) is 6.28. The fourth-order valence-corrected chi connectivity index (χ4v) is 2.04. The van der Waals surface area contributed by atoms with Crippen LogP contribution in [0.3, 0.4) is 0 Å². The number of nitrogens with two attached hydrogens (primary N) is 1. The average Bonchev–Trinajstić information content (AvgIpc) is 2.74. The van der Waals surface area contributed by atoms with Crippen molar-refractivity contribution in [3.63, 3.8) is 0 Å². The van der Waals surface area contributed by atoms with E-state index in [0.717, 1.165) is 5.69 Å². The van der Waals surface area contributed by atoms with Crippen molar-refractivity contribution in [3.05, 3.63) is 40.7 Å². The SMILES string of the molecule is CCc1nn(C)cc1C(=O)Nc1ccc(N)cc1Cl. The van der Waals surface area contributed by atoms with Gasteiger partial charge in [0.05, 0.1) is 22.0 Å². The molecule has 2 aromatic rings. The summed E-state index contributed by atoms with van der Waals surface area (Å²) in [4.78, 5) is 12.2. The molecule has 0 aliphatic heterocycles. The van der Waals surface area contributed by atoms with Gasteiger partial charge in [-0.3, -0.25) is 9.48 Å². The second-order valence-corrected chi connectivity index (χ2v) is 4.62. The standard InChI is InChI=1S/C13H15ClN4O/c1-3-11-9(7-18(2)17-11)13(19)16-12-5-4-8(15)6-10(12)14/h4-7H,3,15H2,1-2H3,(H,16,19). The smallest absolute Gasteiger partial charge is 0.259 e. The summed E-state index contributed by atoms with van der Waals surface area (Å²) in [5.41, 5.74) is 8.01. The van der Waals surface area contributed by atoms with Crippen molar-refractivity contribution in [2.75, 3.05) is 11.1 Å². The van der Waals surface area contributed by atoms with Crippen LogP contribution in [0.25, 0.3) is 0 Å². The topological polar surface area (TPSA) is 72.9 Å². The van der Waals surface area contributed by atoms with Crippen LogP contribution < -0.4 is 11.1 Å². The lowest BCUT2D eigenvalue weighted by Crippen LogP contribution is -2.13. The van der Waals surface area contributed by atoms with Gasteiger partial charge in [0, 0.05) is 18.9 Å². The zero-order chi connectivity index (χ0) is 14.0. The van der Waals surface area contributed by atoms with Gasteiger partial charge in [-0.15, -0.1) is 0 Å². The average molecular weight is 279 g/mol. The minimum Gasteiger partial charge on any atom is -0.399 e. The van der Waals surface area contributed by atoms with E-state index in [1.165, 1.54) is 0 Å². The first-order valence-electron chi connectivity index (χ1n) is 5.90. The molecule has 0 unspecified atom stereocenters. The Hall–Kier alpha value is -2.01. The highest BCUT2D eigenvalue weighted by Crippen LogP contribution is 2.24. The monoisotopic (exact) mass is 278 g/mol. The maximum absolute atomic E-state index is 12.2. The lowest BCUT2D eigenvalue weighted by atomic mass is 10.2. The quantitative estimate of drug-likeness (QED) is 0.847. The third kappa shape index (κ3) is 2.88. The third-order valence-electron chi connectivity index (χ3n) is 2.73. The van der Waals surface area contributed by atoms with Crippen molar-refractivity contribution in [2.24, 2.45) is 7.05 Å². The molecule has 2 rings (SSSR count). The Morgan fingerprint density at radius 1 is 1.53 bits per heavy atom. The molecule has 0 atom stereocenters. The Morgan fingerprint density at radius 3 is 2.89 bits per heavy atom. The fourth-order valence-electron chi connectivity index (χ4n) is 1.81. The number of aryl methyl sites for hydroxylation is 2. The molecule has 0 bridgehead atoms. The zero-order valence-corrected chi connectivity index (χ0v) is 11.5. The molecule has 0 aliphatic rings. The number of amides is 1. The highest BCUT2D eigenvalue weighted by Gasteiger charge is 2.15. The Kier molecular flexibility index (Phi) is 3.76. The van der Waals surface area contributed by atoms with Crippen molar-refractivity contribution >= 4 is 28.9 Å². The Balaban J connectivity index is 2.25. The molecule has 100 valence electrons. The molecule has 1 amide bonds. The summed E-state index contributed by atoms with van der Waals surface area (Å²) >= 11 is 6.02. The maximum atomic E-state index is 12.2. The second-order valence-electron chi connectivity index (χ2n) is 4.21. The van der Waals surface area contributed by atoms with E-state index in [-0.39, 0.29) is 5.91 Å². The minimum atomic E-state index is -0.225. The third-order valence-corrected chi connectivity index (χ3v) is 3.04. The van der Waals surface area contributed by atoms with E-state index < -0.39 is 0 Å². The van der Waals surface area contributed by atoms with E-state index in [2.05, 4.69) is 10.4 Å². The zero-order valence-electron chi connectivity index (χ0n) is 10.8. The summed E-state index contributed by atoms with van der Waals surface area (Å²) in [5.74, 6) is -0.225. The summed E-state index contributed by atoms with van der Waals surface area (Å²) in [6, 6.07) is 4.96. The molecule has 0 radical (unpaired) electrons. The fraction of sp³-hybridized carbons (Fsp3) is 0.231. The van der Waals surface area contributed by atoms with Crippen LogP contribution in [-0.2, 0) is 13.5 Å². The molecular formula is C13H15ClN4O. The van der Waals surface area contributed by atoms with Gasteiger partial charge >= 0.3 is 0 Å². The Bertz CT molecular complexity index is 621. The van der Waals surface area contributed by atoms with Crippen LogP contribution >= 0.6 is 11.6 Å². The van der Waals surface area contributed by atoms with E-state index in [1.54, 1.807) is 36.1 Å². The second kappa shape index (κ2) is 5.32. The van der Waals surface area contributed by atoms with Crippen molar-refractivity contribution in [2.45, 2.75) is 13.3 Å². The number of carbonyl (C=O) groups is 1. The molecule has 19 heavy (non-hydrogen) atoms. The predicted octanol–water partition coefficient (Wildman–Crippen LogP) is 2.47. The van der Waals surface area contributed by atoms with Crippen molar-refractivity contribution in [3.8, 4) is 0 Å². The van der Waals surface area contributed by atoms with E-state index in [0.29, 0.717) is 28.4 Å². The van der Waals surface area contributed by atoms with Crippen LogP contribution in [0.2, 0.25) is 5.02 Å². The molecule has 1 heterocycles. The number of hydrogen-bond donors (Lipinski definition) is 2. The largest absolute Gasteiger partial charge is 0.399 e. The van der Waals surface area contributed by atoms with E-state index in [4.69, 9.17) is 17.3 Å². The van der Waals surface area contributed by atoms with Crippen LogP contribution in [0.15, 0.2) is 24.4 Å². The van der Waals surface area contributed by atoms with Crippen molar-refractivity contribution in [1.29, 1.82) is 0 Å². The van der Waals surface area contributed by atoms with Gasteiger partial charge in [0.25, 0.3) is 5.91 Å². The number of carbonyl (C=O) groups excluding carboxylic acids is 1. The number of nitrogens with zero attached hydrogens (tertiary/aromatic N) is 2. The van der Waals surface area contributed by atoms with E-state index >= 15 is 0 Å². The van der Waals surface area contributed by atoms with Crippen LogP contribution in [-0.4, -0.2) is 15.7 Å². The van der Waals surface area contributed by atoms with Crippen LogP contribution in [0.5, 0.6) is 0 Å². The summed E-state index contributed by atoms with van der Waals surface area (Å²) in [6.07, 6.45) is 2.39. The minimum absolute atomic E-state index is 0.225. The van der Waals surface area contributed by atoms with Gasteiger partial charge < -0.3 is 11.1 Å². The molecule has 0 saturated carbocycles. The summed E-state index contributed by atoms with van der Waals surface area (Å²) in [5, 5.41) is 7.41. The highest BCUT2D eigenvalue weighted by atomic mass is 35.5. The van der Waals surface area contributed by atoms with Gasteiger partial charge in [-0.2, -0.15) is 5.10 Å². The molecule has 0 aliphatic carbocycles. The normalized spacial score (nSPS) is 10.5. The molecule has 0 spiro atoms. The lowest BCUT2D eigenvalue weighted by Gasteiger charge is -2.07. The number of nitrogens with one attached hydrogen (secondary N) is 1. The van der Waals surface area contributed by atoms with Gasteiger partial charge in [-0.25, -0.2) is 0 Å². The number of hydrogen-bond acceptors (Lipinski definition) is 3. The molecule has 5 nitrogen and oxygen atoms in total. The van der Waals surface area contributed by atoms with E-state index in [1.807, 2.05) is 6.92 Å². The lowest BCUT2D eigenvalue weighted by molar-refractivity contribution is 0.102. The molecule has 6 heteroatoms. The van der Waals surface area contributed by atoms with Crippen molar-refractivity contribution in [1.82, 2.24) is 9.78 Å². The summed E-state index contributed by atoms with van der Waals surface area (Å²) < 4.78 is 1.62. The number of rotatable bonds is 3. The van der Waals surface area contributed by atoms with Gasteiger partial charge in [0.15, 0.2) is 0 Å². The van der Waals surface area contributed by atoms with Gasteiger partial charge in [-0.1, -0.05) is 18.5 Å². The van der Waals surface area contributed by atoms with Crippen LogP contribution in [0, 0.1) is 0 Å².